The summed E-state index contributed by atoms with van der Waals surface area (Å²) in [6.07, 6.45) is 6.07. The molecule has 0 spiro atoms. The summed E-state index contributed by atoms with van der Waals surface area (Å²) in [7, 11) is 2.19. The minimum atomic E-state index is -0.0852. The molecule has 2 unspecified atom stereocenters. The SMILES string of the molecule is CC(C)NC1(CO)CCC(N(C)CCc2ccccn2)C1. The monoisotopic (exact) mass is 291 g/mol. The highest BCUT2D eigenvalue weighted by atomic mass is 16.3. The third kappa shape index (κ3) is 4.50. The number of hydrogen-bond acceptors (Lipinski definition) is 4. The van der Waals surface area contributed by atoms with Crippen LogP contribution in [0.3, 0.4) is 0 Å². The van der Waals surface area contributed by atoms with E-state index in [-0.39, 0.29) is 12.1 Å². The van der Waals surface area contributed by atoms with Crippen molar-refractivity contribution in [2.24, 2.45) is 0 Å². The zero-order chi connectivity index (χ0) is 15.3. The van der Waals surface area contributed by atoms with Crippen molar-refractivity contribution in [3.8, 4) is 0 Å². The summed E-state index contributed by atoms with van der Waals surface area (Å²) < 4.78 is 0. The summed E-state index contributed by atoms with van der Waals surface area (Å²) in [6.45, 7) is 5.55. The maximum absolute atomic E-state index is 9.78. The van der Waals surface area contributed by atoms with E-state index in [1.165, 1.54) is 0 Å². The van der Waals surface area contributed by atoms with Crippen LogP contribution in [-0.4, -0.2) is 52.8 Å². The van der Waals surface area contributed by atoms with Gasteiger partial charge in [0, 0.05) is 42.5 Å². The van der Waals surface area contributed by atoms with Crippen LogP contribution in [0.2, 0.25) is 0 Å². The van der Waals surface area contributed by atoms with Crippen LogP contribution in [-0.2, 0) is 6.42 Å². The maximum atomic E-state index is 9.78. The van der Waals surface area contributed by atoms with Crippen molar-refractivity contribution < 1.29 is 5.11 Å². The van der Waals surface area contributed by atoms with Gasteiger partial charge in [-0.2, -0.15) is 0 Å². The highest BCUT2D eigenvalue weighted by Gasteiger charge is 2.40. The summed E-state index contributed by atoms with van der Waals surface area (Å²) in [6, 6.07) is 7.04. The molecular weight excluding hydrogens is 262 g/mol. The van der Waals surface area contributed by atoms with Gasteiger partial charge in [-0.15, -0.1) is 0 Å². The number of hydrogen-bond donors (Lipinski definition) is 2. The second-order valence-electron chi connectivity index (χ2n) is 6.69. The molecule has 0 amide bonds. The lowest BCUT2D eigenvalue weighted by Gasteiger charge is -2.32. The molecule has 1 heterocycles. The quantitative estimate of drug-likeness (QED) is 0.805. The van der Waals surface area contributed by atoms with Gasteiger partial charge < -0.3 is 15.3 Å². The Labute approximate surface area is 128 Å². The van der Waals surface area contributed by atoms with Gasteiger partial charge in [-0.05, 0) is 38.4 Å². The summed E-state index contributed by atoms with van der Waals surface area (Å²) >= 11 is 0. The molecule has 0 bridgehead atoms. The first kappa shape index (κ1) is 16.4. The van der Waals surface area contributed by atoms with Crippen LogP contribution >= 0.6 is 0 Å². The van der Waals surface area contributed by atoms with Crippen molar-refractivity contribution in [2.45, 2.75) is 57.2 Å². The molecule has 1 aliphatic rings. The molecule has 4 nitrogen and oxygen atoms in total. The number of likely N-dealkylation sites (N-methyl/N-ethyl adjacent to an activating group) is 1. The van der Waals surface area contributed by atoms with E-state index >= 15 is 0 Å². The third-order valence-corrected chi connectivity index (χ3v) is 4.55. The number of nitrogens with zero attached hydrogens (tertiary/aromatic N) is 2. The average molecular weight is 291 g/mol. The van der Waals surface area contributed by atoms with Crippen molar-refractivity contribution in [1.82, 2.24) is 15.2 Å². The highest BCUT2D eigenvalue weighted by molar-refractivity contribution is 5.04. The first-order chi connectivity index (χ1) is 10.0. The number of aliphatic hydroxyl groups is 1. The van der Waals surface area contributed by atoms with Crippen LogP contribution in [0.15, 0.2) is 24.4 Å². The molecule has 1 aromatic rings. The van der Waals surface area contributed by atoms with Crippen LogP contribution in [0, 0.1) is 0 Å². The topological polar surface area (TPSA) is 48.4 Å². The van der Waals surface area contributed by atoms with Gasteiger partial charge in [0.05, 0.1) is 6.61 Å². The molecular formula is C17H29N3O. The van der Waals surface area contributed by atoms with Crippen molar-refractivity contribution in [3.05, 3.63) is 30.1 Å². The molecule has 2 N–H and O–H groups in total. The van der Waals surface area contributed by atoms with Crippen LogP contribution < -0.4 is 5.32 Å². The van der Waals surface area contributed by atoms with Crippen molar-refractivity contribution in [1.29, 1.82) is 0 Å². The fraction of sp³-hybridized carbons (Fsp3) is 0.706. The van der Waals surface area contributed by atoms with E-state index in [1.54, 1.807) is 0 Å². The lowest BCUT2D eigenvalue weighted by Crippen LogP contribution is -2.50. The van der Waals surface area contributed by atoms with Crippen molar-refractivity contribution >= 4 is 0 Å². The van der Waals surface area contributed by atoms with E-state index in [2.05, 4.69) is 42.2 Å². The predicted molar refractivity (Wildman–Crippen MR) is 86.3 cm³/mol. The van der Waals surface area contributed by atoms with Gasteiger partial charge in [0.2, 0.25) is 0 Å². The Morgan fingerprint density at radius 3 is 2.90 bits per heavy atom. The lowest BCUT2D eigenvalue weighted by atomic mass is 9.97. The van der Waals surface area contributed by atoms with E-state index in [0.717, 1.165) is 37.9 Å². The van der Waals surface area contributed by atoms with Gasteiger partial charge in [-0.3, -0.25) is 4.98 Å². The van der Waals surface area contributed by atoms with Crippen LogP contribution in [0.4, 0.5) is 0 Å². The molecule has 1 fully saturated rings. The molecule has 0 aromatic carbocycles. The van der Waals surface area contributed by atoms with E-state index in [9.17, 15) is 5.11 Å². The number of nitrogens with one attached hydrogen (secondary N) is 1. The zero-order valence-electron chi connectivity index (χ0n) is 13.5. The first-order valence-corrected chi connectivity index (χ1v) is 8.03. The molecule has 0 saturated heterocycles. The normalized spacial score (nSPS) is 25.9. The molecule has 21 heavy (non-hydrogen) atoms. The second-order valence-corrected chi connectivity index (χ2v) is 6.69. The summed E-state index contributed by atoms with van der Waals surface area (Å²) in [5.74, 6) is 0. The van der Waals surface area contributed by atoms with Crippen LogP contribution in [0.1, 0.15) is 38.8 Å². The summed E-state index contributed by atoms with van der Waals surface area (Å²) in [5.41, 5.74) is 1.06. The van der Waals surface area contributed by atoms with Gasteiger partial charge in [0.15, 0.2) is 0 Å². The molecule has 118 valence electrons. The molecule has 2 rings (SSSR count). The predicted octanol–water partition coefficient (Wildman–Crippen LogP) is 1.84. The fourth-order valence-electron chi connectivity index (χ4n) is 3.43. The molecule has 0 radical (unpaired) electrons. The molecule has 1 saturated carbocycles. The zero-order valence-corrected chi connectivity index (χ0v) is 13.5. The molecule has 2 atom stereocenters. The minimum absolute atomic E-state index is 0.0852. The third-order valence-electron chi connectivity index (χ3n) is 4.55. The largest absolute Gasteiger partial charge is 0.394 e. The van der Waals surface area contributed by atoms with Crippen LogP contribution in [0.25, 0.3) is 0 Å². The molecule has 4 heteroatoms. The Bertz CT molecular complexity index is 423. The Kier molecular flexibility index (Phi) is 5.73. The molecule has 0 aliphatic heterocycles. The number of aromatic nitrogens is 1. The Morgan fingerprint density at radius 1 is 1.48 bits per heavy atom. The highest BCUT2D eigenvalue weighted by Crippen LogP contribution is 2.32. The number of aliphatic hydroxyl groups excluding tert-OH is 1. The summed E-state index contributed by atoms with van der Waals surface area (Å²) in [4.78, 5) is 6.81. The lowest BCUT2D eigenvalue weighted by molar-refractivity contribution is 0.142. The Hall–Kier alpha value is -0.970. The van der Waals surface area contributed by atoms with Gasteiger partial charge in [-0.25, -0.2) is 0 Å². The van der Waals surface area contributed by atoms with Gasteiger partial charge in [0.25, 0.3) is 0 Å². The van der Waals surface area contributed by atoms with Crippen LogP contribution in [0.5, 0.6) is 0 Å². The first-order valence-electron chi connectivity index (χ1n) is 8.03. The maximum Gasteiger partial charge on any atom is 0.0614 e. The van der Waals surface area contributed by atoms with Gasteiger partial charge >= 0.3 is 0 Å². The standard InChI is InChI=1S/C17H29N3O/c1-14(2)19-17(13-21)9-7-16(12-17)20(3)11-8-15-6-4-5-10-18-15/h4-6,10,14,16,19,21H,7-9,11-13H2,1-3H3. The van der Waals surface area contributed by atoms with Gasteiger partial charge in [-0.1, -0.05) is 19.9 Å². The van der Waals surface area contributed by atoms with E-state index in [1.807, 2.05) is 18.3 Å². The van der Waals surface area contributed by atoms with Gasteiger partial charge in [0.1, 0.15) is 0 Å². The molecule has 1 aliphatic carbocycles. The Morgan fingerprint density at radius 2 is 2.29 bits per heavy atom. The number of pyridine rings is 1. The van der Waals surface area contributed by atoms with E-state index in [4.69, 9.17) is 0 Å². The minimum Gasteiger partial charge on any atom is -0.394 e. The molecule has 1 aromatic heterocycles. The fourth-order valence-corrected chi connectivity index (χ4v) is 3.43. The summed E-state index contributed by atoms with van der Waals surface area (Å²) in [5, 5.41) is 13.4. The van der Waals surface area contributed by atoms with E-state index < -0.39 is 0 Å². The second kappa shape index (κ2) is 7.34. The Balaban J connectivity index is 1.85. The van der Waals surface area contributed by atoms with Crippen molar-refractivity contribution in [2.75, 3.05) is 20.2 Å². The van der Waals surface area contributed by atoms with Crippen molar-refractivity contribution in [3.63, 3.8) is 0 Å². The average Bonchev–Trinajstić information content (AvgIpc) is 2.90. The smallest absolute Gasteiger partial charge is 0.0614 e. The van der Waals surface area contributed by atoms with E-state index in [0.29, 0.717) is 12.1 Å². The number of rotatable bonds is 7.